The molecule has 7 nitrogen and oxygen atoms in total. The Balaban J connectivity index is 1.28. The summed E-state index contributed by atoms with van der Waals surface area (Å²) in [6.45, 7) is 5.81. The predicted molar refractivity (Wildman–Crippen MR) is 125 cm³/mol. The Morgan fingerprint density at radius 3 is 2.50 bits per heavy atom. The molecule has 4 aromatic heterocycles. The fourth-order valence-electron chi connectivity index (χ4n) is 5.70. The molecule has 0 atom stereocenters. The lowest BCUT2D eigenvalue weighted by molar-refractivity contribution is 0.145. The summed E-state index contributed by atoms with van der Waals surface area (Å²) < 4.78 is 30.1. The molecule has 0 radical (unpaired) electrons. The number of pyridine rings is 1. The van der Waals surface area contributed by atoms with Crippen LogP contribution >= 0.6 is 0 Å². The molecule has 34 heavy (non-hydrogen) atoms. The fraction of sp³-hybridized carbons (Fsp3) is 0.440. The van der Waals surface area contributed by atoms with E-state index in [1.54, 1.807) is 0 Å². The third kappa shape index (κ3) is 3.20. The molecule has 0 saturated carbocycles. The largest absolute Gasteiger partial charge is 0.355 e. The van der Waals surface area contributed by atoms with Crippen LogP contribution in [0.1, 0.15) is 47.6 Å². The van der Waals surface area contributed by atoms with Gasteiger partial charge in [-0.15, -0.1) is 0 Å². The number of rotatable bonds is 3. The third-order valence-electron chi connectivity index (χ3n) is 7.74. The van der Waals surface area contributed by atoms with Gasteiger partial charge in [0.1, 0.15) is 11.2 Å². The summed E-state index contributed by atoms with van der Waals surface area (Å²) >= 11 is 0. The van der Waals surface area contributed by atoms with E-state index in [-0.39, 0.29) is 11.1 Å². The Morgan fingerprint density at radius 1 is 1.00 bits per heavy atom. The van der Waals surface area contributed by atoms with Gasteiger partial charge in [-0.1, -0.05) is 6.07 Å². The maximum absolute atomic E-state index is 13.1. The molecule has 1 saturated heterocycles. The highest BCUT2D eigenvalue weighted by Crippen LogP contribution is 2.45. The Hall–Kier alpha value is -3.36. The molecule has 6 rings (SSSR count). The molecule has 1 spiro atoms. The van der Waals surface area contributed by atoms with Crippen molar-refractivity contribution in [2.45, 2.75) is 46.0 Å². The van der Waals surface area contributed by atoms with Gasteiger partial charge >= 0.3 is 0 Å². The Morgan fingerprint density at radius 2 is 1.79 bits per heavy atom. The van der Waals surface area contributed by atoms with Crippen molar-refractivity contribution in [3.63, 3.8) is 0 Å². The van der Waals surface area contributed by atoms with Crippen LogP contribution in [0.2, 0.25) is 0 Å². The third-order valence-corrected chi connectivity index (χ3v) is 7.74. The summed E-state index contributed by atoms with van der Waals surface area (Å²) in [5.41, 5.74) is 6.94. The number of nitrogens with zero attached hydrogens (tertiary/aromatic N) is 7. The maximum atomic E-state index is 13.1. The van der Waals surface area contributed by atoms with Gasteiger partial charge in [0.05, 0.1) is 23.8 Å². The Bertz CT molecular complexity index is 1400. The Kier molecular flexibility index (Phi) is 4.72. The number of aryl methyl sites for hydroxylation is 2. The first-order chi connectivity index (χ1) is 16.3. The minimum atomic E-state index is -2.52. The zero-order valence-electron chi connectivity index (χ0n) is 19.6. The summed E-state index contributed by atoms with van der Waals surface area (Å²) in [5.74, 6) is 0.948. The van der Waals surface area contributed by atoms with E-state index in [2.05, 4.69) is 20.1 Å². The SMILES string of the molecule is Cc1nc(N2CCC3(CC2)Cc2ccc(C(F)F)nc2C3)c2ccnn2c1-c1cnn(C)c1C. The number of hydrogen-bond acceptors (Lipinski definition) is 5. The van der Waals surface area contributed by atoms with Gasteiger partial charge in [-0.25, -0.2) is 18.3 Å². The topological polar surface area (TPSA) is 64.1 Å². The highest BCUT2D eigenvalue weighted by molar-refractivity contribution is 5.76. The van der Waals surface area contributed by atoms with Crippen LogP contribution in [0.5, 0.6) is 0 Å². The van der Waals surface area contributed by atoms with Crippen molar-refractivity contribution >= 4 is 11.3 Å². The monoisotopic (exact) mass is 463 g/mol. The van der Waals surface area contributed by atoms with Gasteiger partial charge in [0.15, 0.2) is 5.82 Å². The van der Waals surface area contributed by atoms with Crippen LogP contribution in [0.15, 0.2) is 30.6 Å². The number of alkyl halides is 2. The van der Waals surface area contributed by atoms with Gasteiger partial charge in [-0.2, -0.15) is 10.2 Å². The zero-order valence-corrected chi connectivity index (χ0v) is 19.6. The average Bonchev–Trinajstić information content (AvgIpc) is 3.52. The summed E-state index contributed by atoms with van der Waals surface area (Å²) in [4.78, 5) is 11.7. The van der Waals surface area contributed by atoms with E-state index in [9.17, 15) is 8.78 Å². The van der Waals surface area contributed by atoms with E-state index in [1.807, 2.05) is 54.6 Å². The standard InChI is InChI=1S/C25H27F2N7/c1-15-22(18-14-29-32(3)16(18)2)34-21(6-9-28-34)24(30-15)33-10-7-25(8-11-33)12-17-4-5-19(23(26)27)31-20(17)13-25/h4-6,9,14,23H,7-8,10-13H2,1-3H3. The Labute approximate surface area is 196 Å². The highest BCUT2D eigenvalue weighted by Gasteiger charge is 2.41. The molecule has 0 bridgehead atoms. The highest BCUT2D eigenvalue weighted by atomic mass is 19.3. The van der Waals surface area contributed by atoms with E-state index >= 15 is 0 Å². The smallest absolute Gasteiger partial charge is 0.280 e. The van der Waals surface area contributed by atoms with E-state index in [0.717, 1.165) is 84.0 Å². The second kappa shape index (κ2) is 7.58. The van der Waals surface area contributed by atoms with Crippen molar-refractivity contribution in [2.75, 3.05) is 18.0 Å². The molecule has 4 aromatic rings. The summed E-state index contributed by atoms with van der Waals surface area (Å²) in [6, 6.07) is 5.35. The van der Waals surface area contributed by atoms with Crippen LogP contribution in [0.3, 0.4) is 0 Å². The van der Waals surface area contributed by atoms with Crippen molar-refractivity contribution in [2.24, 2.45) is 12.5 Å². The lowest BCUT2D eigenvalue weighted by atomic mass is 9.76. The number of hydrogen-bond donors (Lipinski definition) is 0. The zero-order chi connectivity index (χ0) is 23.6. The molecule has 1 aliphatic heterocycles. The fourth-order valence-corrected chi connectivity index (χ4v) is 5.70. The molecule has 9 heteroatoms. The molecule has 1 fully saturated rings. The normalized spacial score (nSPS) is 17.3. The maximum Gasteiger partial charge on any atom is 0.280 e. The van der Waals surface area contributed by atoms with Crippen LogP contribution in [-0.4, -0.2) is 42.5 Å². The van der Waals surface area contributed by atoms with Gasteiger partial charge in [0.2, 0.25) is 0 Å². The number of piperidine rings is 1. The summed E-state index contributed by atoms with van der Waals surface area (Å²) in [5, 5.41) is 9.03. The van der Waals surface area contributed by atoms with Crippen molar-refractivity contribution in [1.82, 2.24) is 29.4 Å². The van der Waals surface area contributed by atoms with E-state index < -0.39 is 6.43 Å². The van der Waals surface area contributed by atoms with E-state index in [0.29, 0.717) is 0 Å². The number of halogens is 2. The molecule has 0 unspecified atom stereocenters. The average molecular weight is 464 g/mol. The number of fused-ring (bicyclic) bond motifs is 2. The number of anilines is 1. The van der Waals surface area contributed by atoms with E-state index in [1.165, 1.54) is 6.07 Å². The summed E-state index contributed by atoms with van der Waals surface area (Å²) in [6.07, 6.45) is 4.84. The van der Waals surface area contributed by atoms with Crippen molar-refractivity contribution in [3.8, 4) is 11.3 Å². The van der Waals surface area contributed by atoms with Crippen LogP contribution in [0, 0.1) is 19.3 Å². The van der Waals surface area contributed by atoms with Crippen LogP contribution in [0.4, 0.5) is 14.6 Å². The first kappa shape index (κ1) is 21.2. The quantitative estimate of drug-likeness (QED) is 0.449. The molecule has 2 aliphatic rings. The van der Waals surface area contributed by atoms with Crippen LogP contribution in [-0.2, 0) is 19.9 Å². The molecule has 0 aromatic carbocycles. The molecular formula is C25H27F2N7. The second-order valence-electron chi connectivity index (χ2n) is 9.75. The van der Waals surface area contributed by atoms with Gasteiger partial charge in [0, 0.05) is 37.1 Å². The molecule has 0 N–H and O–H groups in total. The molecule has 176 valence electrons. The van der Waals surface area contributed by atoms with E-state index in [4.69, 9.17) is 4.98 Å². The second-order valence-corrected chi connectivity index (χ2v) is 9.75. The number of aromatic nitrogens is 6. The lowest BCUT2D eigenvalue weighted by Gasteiger charge is -2.40. The first-order valence-electron chi connectivity index (χ1n) is 11.7. The minimum Gasteiger partial charge on any atom is -0.355 e. The van der Waals surface area contributed by atoms with Crippen LogP contribution in [0.25, 0.3) is 16.8 Å². The molecule has 5 heterocycles. The van der Waals surface area contributed by atoms with Gasteiger partial charge in [0.25, 0.3) is 6.43 Å². The molecule has 0 amide bonds. The van der Waals surface area contributed by atoms with Gasteiger partial charge in [-0.3, -0.25) is 9.67 Å². The lowest BCUT2D eigenvalue weighted by Crippen LogP contribution is -2.41. The van der Waals surface area contributed by atoms with Crippen molar-refractivity contribution in [3.05, 3.63) is 58.9 Å². The summed E-state index contributed by atoms with van der Waals surface area (Å²) in [7, 11) is 1.94. The van der Waals surface area contributed by atoms with Crippen LogP contribution < -0.4 is 4.90 Å². The first-order valence-corrected chi connectivity index (χ1v) is 11.7. The van der Waals surface area contributed by atoms with Gasteiger partial charge in [-0.05, 0) is 62.6 Å². The molecular weight excluding hydrogens is 436 g/mol. The van der Waals surface area contributed by atoms with Crippen molar-refractivity contribution in [1.29, 1.82) is 0 Å². The molecule has 1 aliphatic carbocycles. The minimum absolute atomic E-state index is 0.102. The van der Waals surface area contributed by atoms with Gasteiger partial charge < -0.3 is 4.90 Å². The predicted octanol–water partition coefficient (Wildman–Crippen LogP) is 4.46. The van der Waals surface area contributed by atoms with Crippen molar-refractivity contribution < 1.29 is 8.78 Å².